The van der Waals surface area contributed by atoms with E-state index in [0.717, 1.165) is 31.1 Å². The Morgan fingerprint density at radius 3 is 2.57 bits per heavy atom. The summed E-state index contributed by atoms with van der Waals surface area (Å²) in [5.41, 5.74) is 1.19. The van der Waals surface area contributed by atoms with Crippen LogP contribution >= 0.6 is 0 Å². The van der Waals surface area contributed by atoms with Crippen LogP contribution in [-0.2, 0) is 0 Å². The van der Waals surface area contributed by atoms with Crippen LogP contribution in [-0.4, -0.2) is 12.1 Å². The number of hydrogen-bond donors (Lipinski definition) is 3. The van der Waals surface area contributed by atoms with Crippen LogP contribution in [0.2, 0.25) is 0 Å². The minimum Gasteiger partial charge on any atom is -0.421 e. The first kappa shape index (κ1) is 19.9. The number of halogens is 1. The van der Waals surface area contributed by atoms with Crippen molar-refractivity contribution in [1.82, 2.24) is 0 Å². The molecule has 0 aliphatic heterocycles. The van der Waals surface area contributed by atoms with Gasteiger partial charge in [0.05, 0.1) is 5.69 Å². The fraction of sp³-hybridized carbons (Fsp3) is 0.304. The van der Waals surface area contributed by atoms with E-state index in [0.29, 0.717) is 22.5 Å². The fourth-order valence-corrected chi connectivity index (χ4v) is 3.81. The second-order valence-electron chi connectivity index (χ2n) is 7.66. The Morgan fingerprint density at radius 1 is 1.03 bits per heavy atom. The van der Waals surface area contributed by atoms with E-state index in [1.807, 2.05) is 12.1 Å². The number of amides is 2. The van der Waals surface area contributed by atoms with Crippen molar-refractivity contribution in [2.75, 3.05) is 16.0 Å². The van der Waals surface area contributed by atoms with E-state index >= 15 is 0 Å². The maximum atomic E-state index is 13.8. The van der Waals surface area contributed by atoms with Gasteiger partial charge in [0.1, 0.15) is 11.4 Å². The van der Waals surface area contributed by atoms with Crippen LogP contribution in [0.5, 0.6) is 0 Å². The molecular weight excluding hydrogens is 385 g/mol. The Labute approximate surface area is 173 Å². The highest BCUT2D eigenvalue weighted by Gasteiger charge is 2.21. The van der Waals surface area contributed by atoms with Gasteiger partial charge in [-0.25, -0.2) is 14.0 Å². The zero-order chi connectivity index (χ0) is 21.1. The molecule has 3 aromatic rings. The first-order chi connectivity index (χ1) is 14.5. The lowest BCUT2D eigenvalue weighted by molar-refractivity contribution is 0.262. The largest absolute Gasteiger partial charge is 0.421 e. The smallest absolute Gasteiger partial charge is 0.362 e. The lowest BCUT2D eigenvalue weighted by atomic mass is 9.95. The molecule has 1 saturated carbocycles. The Hall–Kier alpha value is -3.35. The standard InChI is InChI=1S/C23H24FN3O3/c1-14-11-12-16(13-18(14)24)26-23(29)27-21-20(25-15-7-3-2-4-8-15)17-9-5-6-10-19(17)30-22(21)28/h5-6,9-13,15,25H,2-4,7-8H2,1H3,(H2,26,27,29). The molecule has 0 radical (unpaired) electrons. The third kappa shape index (κ3) is 4.30. The summed E-state index contributed by atoms with van der Waals surface area (Å²) in [6.07, 6.45) is 5.46. The van der Waals surface area contributed by atoms with Crippen LogP contribution in [0.3, 0.4) is 0 Å². The molecule has 0 atom stereocenters. The van der Waals surface area contributed by atoms with Crippen molar-refractivity contribution in [2.45, 2.75) is 45.1 Å². The number of anilines is 3. The summed E-state index contributed by atoms with van der Waals surface area (Å²) in [4.78, 5) is 25.2. The molecule has 1 aromatic heterocycles. The zero-order valence-electron chi connectivity index (χ0n) is 16.8. The Balaban J connectivity index is 1.65. The molecule has 2 amide bonds. The number of carbonyl (C=O) groups excluding carboxylic acids is 1. The van der Waals surface area contributed by atoms with Crippen molar-refractivity contribution < 1.29 is 13.6 Å². The summed E-state index contributed by atoms with van der Waals surface area (Å²) < 4.78 is 19.2. The van der Waals surface area contributed by atoms with Gasteiger partial charge in [-0.15, -0.1) is 0 Å². The van der Waals surface area contributed by atoms with Crippen LogP contribution in [0.15, 0.2) is 51.7 Å². The van der Waals surface area contributed by atoms with Gasteiger partial charge in [0, 0.05) is 17.1 Å². The molecule has 4 rings (SSSR count). The van der Waals surface area contributed by atoms with Crippen molar-refractivity contribution in [3.63, 3.8) is 0 Å². The molecule has 0 bridgehead atoms. The van der Waals surface area contributed by atoms with Crippen LogP contribution in [0.4, 0.5) is 26.2 Å². The SMILES string of the molecule is Cc1ccc(NC(=O)Nc2c(NC3CCCCC3)c3ccccc3oc2=O)cc1F. The van der Waals surface area contributed by atoms with Gasteiger partial charge in [-0.3, -0.25) is 5.32 Å². The van der Waals surface area contributed by atoms with Crippen molar-refractivity contribution in [1.29, 1.82) is 0 Å². The summed E-state index contributed by atoms with van der Waals surface area (Å²) in [6.45, 7) is 1.64. The van der Waals surface area contributed by atoms with E-state index in [2.05, 4.69) is 16.0 Å². The molecule has 0 saturated heterocycles. The maximum Gasteiger partial charge on any atom is 0.362 e. The Kier molecular flexibility index (Phi) is 5.70. The van der Waals surface area contributed by atoms with E-state index in [4.69, 9.17) is 4.42 Å². The maximum absolute atomic E-state index is 13.8. The molecule has 3 N–H and O–H groups in total. The topological polar surface area (TPSA) is 83.4 Å². The highest BCUT2D eigenvalue weighted by Crippen LogP contribution is 2.32. The van der Waals surface area contributed by atoms with Gasteiger partial charge in [-0.05, 0) is 49.6 Å². The number of rotatable bonds is 4. The lowest BCUT2D eigenvalue weighted by Gasteiger charge is -2.25. The van der Waals surface area contributed by atoms with Crippen LogP contribution < -0.4 is 21.6 Å². The summed E-state index contributed by atoms with van der Waals surface area (Å²) in [7, 11) is 0. The molecule has 1 aliphatic rings. The highest BCUT2D eigenvalue weighted by atomic mass is 19.1. The molecule has 2 aromatic carbocycles. The van der Waals surface area contributed by atoms with Crippen molar-refractivity contribution in [3.05, 3.63) is 64.3 Å². The number of hydrogen-bond acceptors (Lipinski definition) is 4. The Morgan fingerprint density at radius 2 is 1.80 bits per heavy atom. The molecule has 156 valence electrons. The van der Waals surface area contributed by atoms with E-state index in [1.165, 1.54) is 12.5 Å². The predicted octanol–water partition coefficient (Wildman–Crippen LogP) is 5.63. The van der Waals surface area contributed by atoms with Gasteiger partial charge in [-0.2, -0.15) is 0 Å². The Bertz CT molecular complexity index is 1140. The molecule has 0 spiro atoms. The second kappa shape index (κ2) is 8.57. The number of carbonyl (C=O) groups is 1. The van der Waals surface area contributed by atoms with Gasteiger partial charge in [0.2, 0.25) is 0 Å². The molecule has 0 unspecified atom stereocenters. The molecule has 30 heavy (non-hydrogen) atoms. The van der Waals surface area contributed by atoms with E-state index in [-0.39, 0.29) is 11.7 Å². The number of nitrogens with one attached hydrogen (secondary N) is 3. The fourth-order valence-electron chi connectivity index (χ4n) is 3.81. The normalized spacial score (nSPS) is 14.5. The lowest BCUT2D eigenvalue weighted by Crippen LogP contribution is -2.27. The van der Waals surface area contributed by atoms with Crippen LogP contribution in [0.1, 0.15) is 37.7 Å². The summed E-state index contributed by atoms with van der Waals surface area (Å²) >= 11 is 0. The third-order valence-corrected chi connectivity index (χ3v) is 5.44. The monoisotopic (exact) mass is 409 g/mol. The zero-order valence-corrected chi connectivity index (χ0v) is 16.8. The van der Waals surface area contributed by atoms with E-state index in [9.17, 15) is 14.0 Å². The average molecular weight is 409 g/mol. The minimum absolute atomic E-state index is 0.0457. The van der Waals surface area contributed by atoms with Gasteiger partial charge < -0.3 is 15.1 Å². The summed E-state index contributed by atoms with van der Waals surface area (Å²) in [6, 6.07) is 11.2. The number of para-hydroxylation sites is 1. The first-order valence-electron chi connectivity index (χ1n) is 10.2. The molecule has 1 aliphatic carbocycles. The van der Waals surface area contributed by atoms with Crippen molar-refractivity contribution in [3.8, 4) is 0 Å². The number of benzene rings is 2. The number of aryl methyl sites for hydroxylation is 1. The summed E-state index contributed by atoms with van der Waals surface area (Å²) in [5.74, 6) is -0.419. The van der Waals surface area contributed by atoms with Crippen molar-refractivity contribution in [2.24, 2.45) is 0 Å². The van der Waals surface area contributed by atoms with E-state index in [1.54, 1.807) is 31.2 Å². The molecule has 1 heterocycles. The van der Waals surface area contributed by atoms with Gasteiger partial charge >= 0.3 is 11.7 Å². The summed E-state index contributed by atoms with van der Waals surface area (Å²) in [5, 5.41) is 9.35. The average Bonchev–Trinajstić information content (AvgIpc) is 2.74. The second-order valence-corrected chi connectivity index (χ2v) is 7.66. The van der Waals surface area contributed by atoms with Crippen LogP contribution in [0.25, 0.3) is 11.0 Å². The molecule has 7 heteroatoms. The van der Waals surface area contributed by atoms with E-state index < -0.39 is 17.5 Å². The molecule has 6 nitrogen and oxygen atoms in total. The highest BCUT2D eigenvalue weighted by molar-refractivity contribution is 6.05. The minimum atomic E-state index is -0.646. The van der Waals surface area contributed by atoms with Crippen molar-refractivity contribution >= 4 is 34.1 Å². The quantitative estimate of drug-likeness (QED) is 0.488. The van der Waals surface area contributed by atoms with Crippen LogP contribution in [0, 0.1) is 12.7 Å². The van der Waals surface area contributed by atoms with Gasteiger partial charge in [0.15, 0.2) is 5.69 Å². The first-order valence-corrected chi connectivity index (χ1v) is 10.2. The predicted molar refractivity (Wildman–Crippen MR) is 117 cm³/mol. The number of fused-ring (bicyclic) bond motifs is 1. The van der Waals surface area contributed by atoms with Gasteiger partial charge in [0.25, 0.3) is 0 Å². The van der Waals surface area contributed by atoms with Gasteiger partial charge in [-0.1, -0.05) is 37.5 Å². The molecular formula is C23H24FN3O3. The molecule has 1 fully saturated rings. The number of urea groups is 1. The third-order valence-electron chi connectivity index (χ3n) is 5.44.